The van der Waals surface area contributed by atoms with Gasteiger partial charge in [0, 0.05) is 18.5 Å². The van der Waals surface area contributed by atoms with Gasteiger partial charge in [0.2, 0.25) is 0 Å². The molecule has 1 aliphatic carbocycles. The molecule has 2 nitrogen and oxygen atoms in total. The lowest BCUT2D eigenvalue weighted by molar-refractivity contribution is 0.0749. The molecule has 2 rings (SSSR count). The maximum atomic E-state index is 13.6. The Bertz CT molecular complexity index is 414. The predicted octanol–water partition coefficient (Wildman–Crippen LogP) is 3.32. The minimum Gasteiger partial charge on any atom is -0.334 e. The van der Waals surface area contributed by atoms with E-state index in [0.29, 0.717) is 12.4 Å². The van der Waals surface area contributed by atoms with Crippen LogP contribution in [-0.4, -0.2) is 29.3 Å². The van der Waals surface area contributed by atoms with Crippen LogP contribution in [0.3, 0.4) is 0 Å². The van der Waals surface area contributed by atoms with E-state index in [4.69, 9.17) is 23.2 Å². The molecule has 92 valence electrons. The summed E-state index contributed by atoms with van der Waals surface area (Å²) in [7, 11) is 0. The quantitative estimate of drug-likeness (QED) is 0.772. The Morgan fingerprint density at radius 2 is 2.18 bits per heavy atom. The Morgan fingerprint density at radius 3 is 2.71 bits per heavy atom. The van der Waals surface area contributed by atoms with E-state index in [1.807, 2.05) is 0 Å². The van der Waals surface area contributed by atoms with Gasteiger partial charge in [0.05, 0.1) is 10.6 Å². The fourth-order valence-electron chi connectivity index (χ4n) is 1.77. The molecule has 0 atom stereocenters. The molecule has 0 spiro atoms. The molecule has 0 bridgehead atoms. The monoisotopic (exact) mass is 275 g/mol. The van der Waals surface area contributed by atoms with Crippen LogP contribution >= 0.6 is 23.2 Å². The predicted molar refractivity (Wildman–Crippen MR) is 66.2 cm³/mol. The highest BCUT2D eigenvalue weighted by atomic mass is 35.5. The van der Waals surface area contributed by atoms with Crippen LogP contribution in [0.5, 0.6) is 0 Å². The number of rotatable bonds is 4. The number of halogens is 3. The summed E-state index contributed by atoms with van der Waals surface area (Å²) in [6, 6.07) is 4.43. The number of alkyl halides is 1. The second-order valence-corrected chi connectivity index (χ2v) is 4.80. The van der Waals surface area contributed by atoms with Crippen molar-refractivity contribution in [3.05, 3.63) is 34.6 Å². The number of carbonyl (C=O) groups excluding carboxylic acids is 1. The van der Waals surface area contributed by atoms with Crippen molar-refractivity contribution in [3.63, 3.8) is 0 Å². The first kappa shape index (κ1) is 12.7. The lowest BCUT2D eigenvalue weighted by Crippen LogP contribution is -2.35. The Morgan fingerprint density at radius 1 is 1.47 bits per heavy atom. The summed E-state index contributed by atoms with van der Waals surface area (Å²) < 4.78 is 13.6. The van der Waals surface area contributed by atoms with Crippen LogP contribution in [0.2, 0.25) is 5.02 Å². The highest BCUT2D eigenvalue weighted by molar-refractivity contribution is 6.33. The summed E-state index contributed by atoms with van der Waals surface area (Å²) in [5.74, 6) is -0.604. The minimum atomic E-state index is -0.581. The Balaban J connectivity index is 2.28. The van der Waals surface area contributed by atoms with E-state index in [0.717, 1.165) is 12.8 Å². The maximum absolute atomic E-state index is 13.6. The molecule has 0 aromatic heterocycles. The first-order valence-electron chi connectivity index (χ1n) is 5.46. The van der Waals surface area contributed by atoms with Gasteiger partial charge in [0.1, 0.15) is 5.82 Å². The molecule has 0 unspecified atom stereocenters. The van der Waals surface area contributed by atoms with Gasteiger partial charge in [-0.1, -0.05) is 17.7 Å². The second-order valence-electron chi connectivity index (χ2n) is 4.02. The minimum absolute atomic E-state index is 0.0498. The van der Waals surface area contributed by atoms with E-state index in [9.17, 15) is 9.18 Å². The number of carbonyl (C=O) groups is 1. The van der Waals surface area contributed by atoms with Crippen LogP contribution in [0.4, 0.5) is 4.39 Å². The highest BCUT2D eigenvalue weighted by Crippen LogP contribution is 2.30. The summed E-state index contributed by atoms with van der Waals surface area (Å²) in [6.07, 6.45) is 1.91. The average molecular weight is 276 g/mol. The third-order valence-corrected chi connectivity index (χ3v) is 3.23. The van der Waals surface area contributed by atoms with Gasteiger partial charge in [0.25, 0.3) is 5.91 Å². The lowest BCUT2D eigenvalue weighted by atomic mass is 10.2. The van der Waals surface area contributed by atoms with Gasteiger partial charge < -0.3 is 4.90 Å². The van der Waals surface area contributed by atoms with Crippen molar-refractivity contribution in [2.45, 2.75) is 18.9 Å². The molecule has 0 heterocycles. The first-order valence-corrected chi connectivity index (χ1v) is 6.37. The van der Waals surface area contributed by atoms with E-state index < -0.39 is 5.82 Å². The van der Waals surface area contributed by atoms with Gasteiger partial charge in [-0.15, -0.1) is 11.6 Å². The summed E-state index contributed by atoms with van der Waals surface area (Å²) in [5, 5.41) is 0.148. The van der Waals surface area contributed by atoms with Crippen LogP contribution in [0, 0.1) is 5.82 Å². The molecule has 1 aliphatic rings. The molecule has 1 fully saturated rings. The zero-order valence-electron chi connectivity index (χ0n) is 9.13. The number of amides is 1. The SMILES string of the molecule is O=C(c1c(F)cccc1Cl)N(CCCl)C1CC1. The van der Waals surface area contributed by atoms with Gasteiger partial charge in [-0.25, -0.2) is 4.39 Å². The summed E-state index contributed by atoms with van der Waals surface area (Å²) in [5.41, 5.74) is -0.0498. The number of hydrogen-bond donors (Lipinski definition) is 0. The summed E-state index contributed by atoms with van der Waals surface area (Å²) in [6.45, 7) is 0.426. The summed E-state index contributed by atoms with van der Waals surface area (Å²) in [4.78, 5) is 13.8. The topological polar surface area (TPSA) is 20.3 Å². The van der Waals surface area contributed by atoms with Crippen LogP contribution < -0.4 is 0 Å². The smallest absolute Gasteiger partial charge is 0.258 e. The van der Waals surface area contributed by atoms with Gasteiger partial charge in [-0.2, -0.15) is 0 Å². The first-order chi connectivity index (χ1) is 8.15. The van der Waals surface area contributed by atoms with E-state index >= 15 is 0 Å². The van der Waals surface area contributed by atoms with Crippen molar-refractivity contribution in [1.29, 1.82) is 0 Å². The van der Waals surface area contributed by atoms with E-state index in [1.54, 1.807) is 4.90 Å². The zero-order valence-corrected chi connectivity index (χ0v) is 10.6. The molecule has 5 heteroatoms. The van der Waals surface area contributed by atoms with E-state index in [2.05, 4.69) is 0 Å². The van der Waals surface area contributed by atoms with Crippen LogP contribution in [0.25, 0.3) is 0 Å². The van der Waals surface area contributed by atoms with Crippen molar-refractivity contribution in [3.8, 4) is 0 Å². The molecule has 0 aliphatic heterocycles. The molecule has 1 saturated carbocycles. The average Bonchev–Trinajstić information content (AvgIpc) is 3.09. The molecular weight excluding hydrogens is 264 g/mol. The largest absolute Gasteiger partial charge is 0.334 e. The van der Waals surface area contributed by atoms with Crippen molar-refractivity contribution in [2.75, 3.05) is 12.4 Å². The van der Waals surface area contributed by atoms with E-state index in [1.165, 1.54) is 18.2 Å². The van der Waals surface area contributed by atoms with Crippen molar-refractivity contribution < 1.29 is 9.18 Å². The Kier molecular flexibility index (Phi) is 3.89. The van der Waals surface area contributed by atoms with Crippen molar-refractivity contribution in [1.82, 2.24) is 4.90 Å². The zero-order chi connectivity index (χ0) is 12.4. The van der Waals surface area contributed by atoms with Gasteiger partial charge in [0.15, 0.2) is 0 Å². The fraction of sp³-hybridized carbons (Fsp3) is 0.417. The number of nitrogens with zero attached hydrogens (tertiary/aromatic N) is 1. The molecule has 1 aromatic rings. The third-order valence-electron chi connectivity index (χ3n) is 2.75. The van der Waals surface area contributed by atoms with E-state index in [-0.39, 0.29) is 22.5 Å². The maximum Gasteiger partial charge on any atom is 0.258 e. The Labute approximate surface area is 109 Å². The number of hydrogen-bond acceptors (Lipinski definition) is 1. The fourth-order valence-corrected chi connectivity index (χ4v) is 2.20. The standard InChI is InChI=1S/C12H12Cl2FNO/c13-6-7-16(8-4-5-8)12(17)11-9(14)2-1-3-10(11)15/h1-3,8H,4-7H2. The molecule has 0 N–H and O–H groups in total. The normalized spacial score (nSPS) is 14.8. The molecule has 1 amide bonds. The van der Waals surface area contributed by atoms with Gasteiger partial charge in [-0.3, -0.25) is 4.79 Å². The molecule has 0 radical (unpaired) electrons. The molecule has 1 aromatic carbocycles. The van der Waals surface area contributed by atoms with Gasteiger partial charge >= 0.3 is 0 Å². The molecular formula is C12H12Cl2FNO. The highest BCUT2D eigenvalue weighted by Gasteiger charge is 2.34. The van der Waals surface area contributed by atoms with Crippen LogP contribution in [-0.2, 0) is 0 Å². The molecule has 0 saturated heterocycles. The third kappa shape index (κ3) is 2.72. The Hall–Kier alpha value is -0.800. The van der Waals surface area contributed by atoms with Crippen molar-refractivity contribution >= 4 is 29.1 Å². The second kappa shape index (κ2) is 5.23. The summed E-state index contributed by atoms with van der Waals surface area (Å²) >= 11 is 11.5. The van der Waals surface area contributed by atoms with Crippen LogP contribution in [0.1, 0.15) is 23.2 Å². The molecule has 17 heavy (non-hydrogen) atoms. The van der Waals surface area contributed by atoms with Crippen LogP contribution in [0.15, 0.2) is 18.2 Å². The lowest BCUT2D eigenvalue weighted by Gasteiger charge is -2.22. The van der Waals surface area contributed by atoms with Crippen molar-refractivity contribution in [2.24, 2.45) is 0 Å². The van der Waals surface area contributed by atoms with Gasteiger partial charge in [-0.05, 0) is 25.0 Å². The number of benzene rings is 1.